The van der Waals surface area contributed by atoms with E-state index < -0.39 is 5.79 Å². The van der Waals surface area contributed by atoms with Crippen LogP contribution < -0.4 is 10.2 Å². The minimum atomic E-state index is -0.497. The van der Waals surface area contributed by atoms with Crippen molar-refractivity contribution in [3.63, 3.8) is 0 Å². The first-order valence-corrected chi connectivity index (χ1v) is 9.86. The Bertz CT molecular complexity index is 820. The van der Waals surface area contributed by atoms with E-state index in [0.717, 1.165) is 30.9 Å². The molecule has 5 nitrogen and oxygen atoms in total. The topological polar surface area (TPSA) is 57.5 Å². The molecule has 1 heterocycles. The molecule has 1 atom stereocenters. The molecule has 0 aromatic heterocycles. The molecule has 148 valence electrons. The van der Waals surface area contributed by atoms with Crippen LogP contribution in [0.15, 0.2) is 48.5 Å². The second-order valence-electron chi connectivity index (χ2n) is 7.33. The third-order valence-electron chi connectivity index (χ3n) is 4.67. The van der Waals surface area contributed by atoms with Gasteiger partial charge >= 0.3 is 0 Å². The SMILES string of the molecule is CC1(C)OCC(CNCCN(Cc2cc(Cl)ccc2C#N)c2ccccc2)O1. The summed E-state index contributed by atoms with van der Waals surface area (Å²) in [6, 6.07) is 17.8. The van der Waals surface area contributed by atoms with Gasteiger partial charge in [0.25, 0.3) is 0 Å². The van der Waals surface area contributed by atoms with Crippen LogP contribution in [0.25, 0.3) is 0 Å². The van der Waals surface area contributed by atoms with Crippen LogP contribution in [-0.4, -0.2) is 38.1 Å². The summed E-state index contributed by atoms with van der Waals surface area (Å²) in [6.07, 6.45) is 0.0679. The number of nitrogens with zero attached hydrogens (tertiary/aromatic N) is 2. The predicted octanol–water partition coefficient (Wildman–Crippen LogP) is 3.96. The van der Waals surface area contributed by atoms with Crippen molar-refractivity contribution < 1.29 is 9.47 Å². The third kappa shape index (κ3) is 5.70. The highest BCUT2D eigenvalue weighted by molar-refractivity contribution is 6.30. The molecule has 0 spiro atoms. The van der Waals surface area contributed by atoms with Crippen molar-refractivity contribution in [1.29, 1.82) is 5.26 Å². The van der Waals surface area contributed by atoms with Crippen LogP contribution in [0.3, 0.4) is 0 Å². The zero-order valence-electron chi connectivity index (χ0n) is 16.3. The molecule has 0 radical (unpaired) electrons. The summed E-state index contributed by atoms with van der Waals surface area (Å²) in [6.45, 7) is 7.41. The first kappa shape index (κ1) is 20.6. The minimum absolute atomic E-state index is 0.0679. The molecule has 1 aliphatic rings. The van der Waals surface area contributed by atoms with E-state index in [9.17, 15) is 5.26 Å². The van der Waals surface area contributed by atoms with Crippen molar-refractivity contribution in [2.45, 2.75) is 32.3 Å². The van der Waals surface area contributed by atoms with E-state index in [0.29, 0.717) is 23.7 Å². The van der Waals surface area contributed by atoms with Gasteiger partial charge < -0.3 is 19.7 Å². The van der Waals surface area contributed by atoms with E-state index in [1.54, 1.807) is 12.1 Å². The molecule has 1 saturated heterocycles. The summed E-state index contributed by atoms with van der Waals surface area (Å²) in [5.41, 5.74) is 2.68. The first-order valence-electron chi connectivity index (χ1n) is 9.48. The number of anilines is 1. The lowest BCUT2D eigenvalue weighted by Crippen LogP contribution is -2.36. The van der Waals surface area contributed by atoms with Gasteiger partial charge in [-0.1, -0.05) is 29.8 Å². The van der Waals surface area contributed by atoms with Gasteiger partial charge in [-0.05, 0) is 49.7 Å². The fraction of sp³-hybridized carbons (Fsp3) is 0.409. The molecule has 2 aromatic rings. The first-order chi connectivity index (χ1) is 13.5. The number of nitrogens with one attached hydrogen (secondary N) is 1. The fourth-order valence-electron chi connectivity index (χ4n) is 3.29. The molecule has 2 aromatic carbocycles. The number of rotatable bonds is 8. The summed E-state index contributed by atoms with van der Waals surface area (Å²) in [5.74, 6) is -0.497. The van der Waals surface area contributed by atoms with E-state index in [2.05, 4.69) is 28.4 Å². The molecule has 6 heteroatoms. The van der Waals surface area contributed by atoms with Crippen LogP contribution in [0, 0.1) is 11.3 Å². The van der Waals surface area contributed by atoms with Crippen molar-refractivity contribution in [1.82, 2.24) is 5.32 Å². The average Bonchev–Trinajstić information content (AvgIpc) is 3.04. The Kier molecular flexibility index (Phi) is 6.93. The maximum atomic E-state index is 9.42. The van der Waals surface area contributed by atoms with Crippen LogP contribution in [0.2, 0.25) is 5.02 Å². The zero-order chi connectivity index (χ0) is 20.0. The van der Waals surface area contributed by atoms with Gasteiger partial charge in [-0.15, -0.1) is 0 Å². The molecule has 0 saturated carbocycles. The maximum Gasteiger partial charge on any atom is 0.163 e. The number of benzene rings is 2. The Morgan fingerprint density at radius 1 is 1.25 bits per heavy atom. The van der Waals surface area contributed by atoms with E-state index in [4.69, 9.17) is 21.1 Å². The van der Waals surface area contributed by atoms with Crippen molar-refractivity contribution in [2.24, 2.45) is 0 Å². The summed E-state index contributed by atoms with van der Waals surface area (Å²) in [5, 5.41) is 13.5. The number of para-hydroxylation sites is 1. The molecule has 1 aliphatic heterocycles. The van der Waals surface area contributed by atoms with Gasteiger partial charge in [0.1, 0.15) is 0 Å². The standard InChI is InChI=1S/C22H26ClN3O2/c1-22(2)27-16-21(28-22)14-25-10-11-26(20-6-4-3-5-7-20)15-18-12-19(23)9-8-17(18)13-24/h3-9,12,21,25H,10-11,14-16H2,1-2H3. The van der Waals surface area contributed by atoms with Crippen LogP contribution in [-0.2, 0) is 16.0 Å². The van der Waals surface area contributed by atoms with Crippen molar-refractivity contribution in [3.05, 3.63) is 64.7 Å². The van der Waals surface area contributed by atoms with Crippen LogP contribution in [0.4, 0.5) is 5.69 Å². The Balaban J connectivity index is 1.62. The summed E-state index contributed by atoms with van der Waals surface area (Å²) >= 11 is 6.16. The largest absolute Gasteiger partial charge is 0.366 e. The normalized spacial score (nSPS) is 18.0. The number of nitriles is 1. The molecule has 0 amide bonds. The Morgan fingerprint density at radius 3 is 2.71 bits per heavy atom. The van der Waals surface area contributed by atoms with Crippen molar-refractivity contribution in [2.75, 3.05) is 31.1 Å². The van der Waals surface area contributed by atoms with Gasteiger partial charge in [-0.2, -0.15) is 5.26 Å². The zero-order valence-corrected chi connectivity index (χ0v) is 17.1. The van der Waals surface area contributed by atoms with Gasteiger partial charge in [-0.3, -0.25) is 0 Å². The van der Waals surface area contributed by atoms with Gasteiger partial charge in [-0.25, -0.2) is 0 Å². The number of halogens is 1. The second kappa shape index (κ2) is 9.40. The number of ether oxygens (including phenoxy) is 2. The van der Waals surface area contributed by atoms with Crippen LogP contribution in [0.1, 0.15) is 25.0 Å². The van der Waals surface area contributed by atoms with E-state index >= 15 is 0 Å². The quantitative estimate of drug-likeness (QED) is 0.681. The minimum Gasteiger partial charge on any atom is -0.366 e. The summed E-state index contributed by atoms with van der Waals surface area (Å²) < 4.78 is 11.4. The van der Waals surface area contributed by atoms with Crippen molar-refractivity contribution in [3.8, 4) is 6.07 Å². The van der Waals surface area contributed by atoms with E-state index in [-0.39, 0.29) is 6.10 Å². The molecule has 0 bridgehead atoms. The van der Waals surface area contributed by atoms with Crippen LogP contribution >= 0.6 is 11.6 Å². The highest BCUT2D eigenvalue weighted by atomic mass is 35.5. The predicted molar refractivity (Wildman–Crippen MR) is 111 cm³/mol. The van der Waals surface area contributed by atoms with Gasteiger partial charge in [0.2, 0.25) is 0 Å². The second-order valence-corrected chi connectivity index (χ2v) is 7.76. The summed E-state index contributed by atoms with van der Waals surface area (Å²) in [7, 11) is 0. The smallest absolute Gasteiger partial charge is 0.163 e. The lowest BCUT2D eigenvalue weighted by Gasteiger charge is -2.26. The van der Waals surface area contributed by atoms with E-state index in [1.807, 2.05) is 38.1 Å². The molecule has 1 fully saturated rings. The molecule has 1 N–H and O–H groups in total. The Hall–Kier alpha value is -2.10. The highest BCUT2D eigenvalue weighted by Crippen LogP contribution is 2.22. The monoisotopic (exact) mass is 399 g/mol. The molecule has 3 rings (SSSR count). The maximum absolute atomic E-state index is 9.42. The summed E-state index contributed by atoms with van der Waals surface area (Å²) in [4.78, 5) is 2.25. The average molecular weight is 400 g/mol. The lowest BCUT2D eigenvalue weighted by molar-refractivity contribution is -0.137. The Morgan fingerprint density at radius 2 is 2.04 bits per heavy atom. The van der Waals surface area contributed by atoms with Gasteiger partial charge in [0.15, 0.2) is 5.79 Å². The van der Waals surface area contributed by atoms with Crippen LogP contribution in [0.5, 0.6) is 0 Å². The fourth-order valence-corrected chi connectivity index (χ4v) is 3.48. The molecular weight excluding hydrogens is 374 g/mol. The number of hydrogen-bond donors (Lipinski definition) is 1. The molecule has 1 unspecified atom stereocenters. The van der Waals surface area contributed by atoms with E-state index in [1.165, 1.54) is 0 Å². The highest BCUT2D eigenvalue weighted by Gasteiger charge is 2.32. The van der Waals surface area contributed by atoms with Crippen molar-refractivity contribution >= 4 is 17.3 Å². The van der Waals surface area contributed by atoms with Gasteiger partial charge in [0, 0.05) is 36.9 Å². The van der Waals surface area contributed by atoms with Gasteiger partial charge in [0.05, 0.1) is 24.3 Å². The molecule has 28 heavy (non-hydrogen) atoms. The molecular formula is C22H26ClN3O2. The lowest BCUT2D eigenvalue weighted by atomic mass is 10.1. The molecule has 0 aliphatic carbocycles. The number of hydrogen-bond acceptors (Lipinski definition) is 5. The Labute approximate surface area is 171 Å². The third-order valence-corrected chi connectivity index (χ3v) is 4.90.